The van der Waals surface area contributed by atoms with Gasteiger partial charge >= 0.3 is 12.1 Å². The lowest BCUT2D eigenvalue weighted by Gasteiger charge is -2.17. The van der Waals surface area contributed by atoms with Crippen molar-refractivity contribution in [3.63, 3.8) is 0 Å². The van der Waals surface area contributed by atoms with Gasteiger partial charge in [0.1, 0.15) is 12.6 Å². The number of benzene rings is 1. The van der Waals surface area contributed by atoms with E-state index < -0.39 is 18.1 Å². The van der Waals surface area contributed by atoms with Crippen LogP contribution >= 0.6 is 0 Å². The number of hydrogen-bond acceptors (Lipinski definition) is 4. The number of carbonyl (C=O) groups excluding carboxylic acids is 1. The highest BCUT2D eigenvalue weighted by Crippen LogP contribution is 2.02. The van der Waals surface area contributed by atoms with Crippen LogP contribution in [0.3, 0.4) is 0 Å². The summed E-state index contributed by atoms with van der Waals surface area (Å²) in [6.45, 7) is 4.90. The summed E-state index contributed by atoms with van der Waals surface area (Å²) in [5, 5.41) is 14.6. The van der Waals surface area contributed by atoms with E-state index in [1.54, 1.807) is 0 Å². The van der Waals surface area contributed by atoms with Crippen LogP contribution in [0.1, 0.15) is 25.8 Å². The lowest BCUT2D eigenvalue weighted by atomic mass is 10.0. The molecule has 0 aromatic heterocycles. The first kappa shape index (κ1) is 18.0. The molecule has 0 saturated carbocycles. The Labute approximate surface area is 130 Å². The molecule has 0 aliphatic rings. The van der Waals surface area contributed by atoms with Crippen molar-refractivity contribution < 1.29 is 19.4 Å². The zero-order chi connectivity index (χ0) is 16.4. The van der Waals surface area contributed by atoms with Crippen molar-refractivity contribution in [3.8, 4) is 0 Å². The normalized spacial score (nSPS) is 12.0. The number of amides is 1. The first-order valence-electron chi connectivity index (χ1n) is 7.41. The molecule has 1 rings (SSSR count). The van der Waals surface area contributed by atoms with Gasteiger partial charge in [0, 0.05) is 6.54 Å². The van der Waals surface area contributed by atoms with Crippen LogP contribution in [0.4, 0.5) is 4.79 Å². The molecule has 0 bridgehead atoms. The summed E-state index contributed by atoms with van der Waals surface area (Å²) < 4.78 is 5.07. The maximum Gasteiger partial charge on any atom is 0.407 e. The first-order valence-corrected chi connectivity index (χ1v) is 7.41. The summed E-state index contributed by atoms with van der Waals surface area (Å²) in [6, 6.07) is 8.87. The second-order valence-corrected chi connectivity index (χ2v) is 5.36. The molecule has 1 aromatic carbocycles. The number of carbonyl (C=O) groups is 2. The van der Waals surface area contributed by atoms with Gasteiger partial charge in [-0.3, -0.25) is 4.79 Å². The third-order valence-electron chi connectivity index (χ3n) is 3.13. The van der Waals surface area contributed by atoms with Crippen LogP contribution < -0.4 is 10.6 Å². The quantitative estimate of drug-likeness (QED) is 0.607. The van der Waals surface area contributed by atoms with Gasteiger partial charge in [-0.25, -0.2) is 4.79 Å². The molecular weight excluding hydrogens is 284 g/mol. The molecule has 1 unspecified atom stereocenters. The Morgan fingerprint density at radius 2 is 1.86 bits per heavy atom. The zero-order valence-electron chi connectivity index (χ0n) is 13.0. The monoisotopic (exact) mass is 308 g/mol. The summed E-state index contributed by atoms with van der Waals surface area (Å²) in [7, 11) is 0. The van der Waals surface area contributed by atoms with E-state index in [9.17, 15) is 9.59 Å². The fraction of sp³-hybridized carbons (Fsp3) is 0.500. The van der Waals surface area contributed by atoms with Crippen molar-refractivity contribution in [1.82, 2.24) is 10.6 Å². The summed E-state index contributed by atoms with van der Waals surface area (Å²) in [5.41, 5.74) is 0.931. The van der Waals surface area contributed by atoms with Gasteiger partial charge in [0.25, 0.3) is 0 Å². The van der Waals surface area contributed by atoms with Gasteiger partial charge in [0.2, 0.25) is 0 Å². The molecule has 6 nitrogen and oxygen atoms in total. The molecule has 22 heavy (non-hydrogen) atoms. The lowest BCUT2D eigenvalue weighted by molar-refractivity contribution is -0.140. The highest BCUT2D eigenvalue weighted by molar-refractivity contribution is 5.73. The van der Waals surface area contributed by atoms with Crippen molar-refractivity contribution in [2.24, 2.45) is 5.92 Å². The SMILES string of the molecule is CC(C)C(NCCCNC(=O)OCc1ccccc1)C(=O)O. The van der Waals surface area contributed by atoms with E-state index in [1.807, 2.05) is 44.2 Å². The molecule has 122 valence electrons. The molecule has 6 heteroatoms. The van der Waals surface area contributed by atoms with E-state index in [-0.39, 0.29) is 12.5 Å². The number of hydrogen-bond donors (Lipinski definition) is 3. The fourth-order valence-electron chi connectivity index (χ4n) is 1.92. The molecule has 1 atom stereocenters. The van der Waals surface area contributed by atoms with E-state index in [0.717, 1.165) is 5.56 Å². The minimum Gasteiger partial charge on any atom is -0.480 e. The molecule has 0 spiro atoms. The van der Waals surface area contributed by atoms with Gasteiger partial charge in [0.05, 0.1) is 0 Å². The highest BCUT2D eigenvalue weighted by Gasteiger charge is 2.19. The molecule has 0 aliphatic carbocycles. The summed E-state index contributed by atoms with van der Waals surface area (Å²) in [4.78, 5) is 22.5. The highest BCUT2D eigenvalue weighted by atomic mass is 16.5. The summed E-state index contributed by atoms with van der Waals surface area (Å²) in [6.07, 6.45) is 0.166. The molecule has 1 amide bonds. The van der Waals surface area contributed by atoms with Crippen LogP contribution in [-0.4, -0.2) is 36.3 Å². The number of alkyl carbamates (subject to hydrolysis) is 1. The van der Waals surface area contributed by atoms with E-state index in [0.29, 0.717) is 19.5 Å². The molecule has 0 heterocycles. The van der Waals surface area contributed by atoms with Crippen LogP contribution in [0.2, 0.25) is 0 Å². The Bertz CT molecular complexity index is 462. The Morgan fingerprint density at radius 1 is 1.18 bits per heavy atom. The van der Waals surface area contributed by atoms with E-state index >= 15 is 0 Å². The summed E-state index contributed by atoms with van der Waals surface area (Å²) >= 11 is 0. The number of rotatable bonds is 9. The molecule has 0 radical (unpaired) electrons. The van der Waals surface area contributed by atoms with Crippen LogP contribution in [-0.2, 0) is 16.1 Å². The molecular formula is C16H24N2O4. The van der Waals surface area contributed by atoms with Crippen molar-refractivity contribution in [2.45, 2.75) is 32.9 Å². The smallest absolute Gasteiger partial charge is 0.407 e. The number of carboxylic acid groups (broad SMARTS) is 1. The molecule has 3 N–H and O–H groups in total. The maximum atomic E-state index is 11.5. The Hall–Kier alpha value is -2.08. The van der Waals surface area contributed by atoms with Gasteiger partial charge < -0.3 is 20.5 Å². The number of nitrogens with one attached hydrogen (secondary N) is 2. The van der Waals surface area contributed by atoms with Crippen molar-refractivity contribution >= 4 is 12.1 Å². The predicted molar refractivity (Wildman–Crippen MR) is 83.5 cm³/mol. The largest absolute Gasteiger partial charge is 0.480 e. The Morgan fingerprint density at radius 3 is 2.45 bits per heavy atom. The van der Waals surface area contributed by atoms with Crippen LogP contribution in [0.25, 0.3) is 0 Å². The third kappa shape index (κ3) is 7.08. The molecule has 1 aromatic rings. The van der Waals surface area contributed by atoms with Crippen LogP contribution in [0, 0.1) is 5.92 Å². The van der Waals surface area contributed by atoms with Gasteiger partial charge in [-0.15, -0.1) is 0 Å². The summed E-state index contributed by atoms with van der Waals surface area (Å²) in [5.74, 6) is -0.841. The minimum atomic E-state index is -0.856. The van der Waals surface area contributed by atoms with E-state index in [1.165, 1.54) is 0 Å². The number of ether oxygens (including phenoxy) is 1. The Balaban J connectivity index is 2.11. The maximum absolute atomic E-state index is 11.5. The number of carboxylic acids is 1. The third-order valence-corrected chi connectivity index (χ3v) is 3.13. The van der Waals surface area contributed by atoms with Gasteiger partial charge in [-0.2, -0.15) is 0 Å². The van der Waals surface area contributed by atoms with E-state index in [4.69, 9.17) is 9.84 Å². The number of aliphatic carboxylic acids is 1. The molecule has 0 saturated heterocycles. The van der Waals surface area contributed by atoms with Crippen LogP contribution in [0.15, 0.2) is 30.3 Å². The van der Waals surface area contributed by atoms with Gasteiger partial charge in [0.15, 0.2) is 0 Å². The van der Waals surface area contributed by atoms with Crippen LogP contribution in [0.5, 0.6) is 0 Å². The second-order valence-electron chi connectivity index (χ2n) is 5.36. The minimum absolute atomic E-state index is 0.0151. The lowest BCUT2D eigenvalue weighted by Crippen LogP contribution is -2.42. The topological polar surface area (TPSA) is 87.7 Å². The zero-order valence-corrected chi connectivity index (χ0v) is 13.0. The standard InChI is InChI=1S/C16H24N2O4/c1-12(2)14(15(19)20)17-9-6-10-18-16(21)22-11-13-7-4-3-5-8-13/h3-5,7-8,12,14,17H,6,9-11H2,1-2H3,(H,18,21)(H,19,20). The second kappa shape index (κ2) is 9.78. The van der Waals surface area contributed by atoms with Crippen molar-refractivity contribution in [2.75, 3.05) is 13.1 Å². The average molecular weight is 308 g/mol. The Kier molecular flexibility index (Phi) is 7.99. The molecule has 0 fully saturated rings. The van der Waals surface area contributed by atoms with Crippen molar-refractivity contribution in [3.05, 3.63) is 35.9 Å². The predicted octanol–water partition coefficient (Wildman–Crippen LogP) is 2.00. The van der Waals surface area contributed by atoms with Gasteiger partial charge in [-0.05, 0) is 24.4 Å². The van der Waals surface area contributed by atoms with Crippen molar-refractivity contribution in [1.29, 1.82) is 0 Å². The molecule has 0 aliphatic heterocycles. The average Bonchev–Trinajstić information content (AvgIpc) is 2.49. The fourth-order valence-corrected chi connectivity index (χ4v) is 1.92. The van der Waals surface area contributed by atoms with Gasteiger partial charge in [-0.1, -0.05) is 44.2 Å². The first-order chi connectivity index (χ1) is 10.5. The van der Waals surface area contributed by atoms with E-state index in [2.05, 4.69) is 10.6 Å².